The van der Waals surface area contributed by atoms with Crippen LogP contribution in [0.5, 0.6) is 11.5 Å². The number of ether oxygens (including phenoxy) is 2. The standard InChI is InChI=1S/C22H31NO2/c1-16(2)15-25-20-9-7-19(8-10-20)23-12-13-24-22-14-18(5)6-11-21(22)17(3)4/h6-11,14,16-17,23H,12-13,15H2,1-5H3. The zero-order chi connectivity index (χ0) is 18.2. The molecular formula is C22H31NO2. The zero-order valence-corrected chi connectivity index (χ0v) is 16.1. The Labute approximate surface area is 152 Å². The van der Waals surface area contributed by atoms with E-state index in [1.165, 1.54) is 11.1 Å². The van der Waals surface area contributed by atoms with Crippen molar-refractivity contribution in [1.29, 1.82) is 0 Å². The monoisotopic (exact) mass is 341 g/mol. The molecule has 0 aromatic heterocycles. The Bertz CT molecular complexity index is 648. The molecule has 0 saturated heterocycles. The summed E-state index contributed by atoms with van der Waals surface area (Å²) in [6.45, 7) is 12.9. The zero-order valence-electron chi connectivity index (χ0n) is 16.1. The van der Waals surface area contributed by atoms with Crippen LogP contribution in [-0.4, -0.2) is 19.8 Å². The van der Waals surface area contributed by atoms with Crippen molar-refractivity contribution < 1.29 is 9.47 Å². The Balaban J connectivity index is 1.80. The molecule has 3 heteroatoms. The van der Waals surface area contributed by atoms with Gasteiger partial charge >= 0.3 is 0 Å². The molecule has 0 aliphatic rings. The highest BCUT2D eigenvalue weighted by atomic mass is 16.5. The average Bonchev–Trinajstić information content (AvgIpc) is 2.57. The third-order valence-electron chi connectivity index (χ3n) is 3.92. The van der Waals surface area contributed by atoms with Crippen LogP contribution in [0.25, 0.3) is 0 Å². The topological polar surface area (TPSA) is 30.5 Å². The Morgan fingerprint density at radius 2 is 1.64 bits per heavy atom. The smallest absolute Gasteiger partial charge is 0.123 e. The van der Waals surface area contributed by atoms with Gasteiger partial charge in [-0.25, -0.2) is 0 Å². The van der Waals surface area contributed by atoms with Gasteiger partial charge in [0, 0.05) is 12.2 Å². The Hall–Kier alpha value is -2.16. The molecular weight excluding hydrogens is 310 g/mol. The number of benzene rings is 2. The van der Waals surface area contributed by atoms with E-state index in [1.807, 2.05) is 24.3 Å². The Kier molecular flexibility index (Phi) is 7.17. The van der Waals surface area contributed by atoms with E-state index in [4.69, 9.17) is 9.47 Å². The van der Waals surface area contributed by atoms with Crippen LogP contribution in [0.2, 0.25) is 0 Å². The van der Waals surface area contributed by atoms with Gasteiger partial charge in [0.1, 0.15) is 18.1 Å². The van der Waals surface area contributed by atoms with Crippen LogP contribution in [0, 0.1) is 12.8 Å². The molecule has 1 N–H and O–H groups in total. The van der Waals surface area contributed by atoms with Gasteiger partial charge in [-0.15, -0.1) is 0 Å². The van der Waals surface area contributed by atoms with Crippen molar-refractivity contribution in [2.45, 2.75) is 40.5 Å². The Morgan fingerprint density at radius 3 is 2.28 bits per heavy atom. The van der Waals surface area contributed by atoms with Crippen molar-refractivity contribution >= 4 is 5.69 Å². The number of hydrogen-bond acceptors (Lipinski definition) is 3. The summed E-state index contributed by atoms with van der Waals surface area (Å²) in [6, 6.07) is 14.5. The van der Waals surface area contributed by atoms with Crippen molar-refractivity contribution in [2.24, 2.45) is 5.92 Å². The van der Waals surface area contributed by atoms with Crippen molar-refractivity contribution in [1.82, 2.24) is 0 Å². The van der Waals surface area contributed by atoms with Gasteiger partial charge in [0.2, 0.25) is 0 Å². The first kappa shape index (κ1) is 19.2. The molecule has 2 aromatic rings. The average molecular weight is 341 g/mol. The maximum Gasteiger partial charge on any atom is 0.123 e. The maximum absolute atomic E-state index is 6.00. The molecule has 0 unspecified atom stereocenters. The number of anilines is 1. The third-order valence-corrected chi connectivity index (χ3v) is 3.92. The highest BCUT2D eigenvalue weighted by Gasteiger charge is 2.08. The minimum atomic E-state index is 0.460. The molecule has 3 nitrogen and oxygen atoms in total. The summed E-state index contributed by atoms with van der Waals surface area (Å²) >= 11 is 0. The van der Waals surface area contributed by atoms with Gasteiger partial charge in [-0.1, -0.05) is 39.8 Å². The number of rotatable bonds is 9. The molecule has 0 aliphatic carbocycles. The molecule has 0 saturated carbocycles. The van der Waals surface area contributed by atoms with Gasteiger partial charge in [-0.3, -0.25) is 0 Å². The summed E-state index contributed by atoms with van der Waals surface area (Å²) in [5, 5.41) is 3.39. The lowest BCUT2D eigenvalue weighted by molar-refractivity contribution is 0.271. The number of hydrogen-bond donors (Lipinski definition) is 1. The number of aryl methyl sites for hydroxylation is 1. The molecule has 0 amide bonds. The molecule has 136 valence electrons. The molecule has 25 heavy (non-hydrogen) atoms. The summed E-state index contributed by atoms with van der Waals surface area (Å²) in [5.74, 6) is 2.90. The summed E-state index contributed by atoms with van der Waals surface area (Å²) < 4.78 is 11.7. The van der Waals surface area contributed by atoms with Crippen molar-refractivity contribution in [2.75, 3.05) is 25.1 Å². The molecule has 2 aromatic carbocycles. The van der Waals surface area contributed by atoms with Gasteiger partial charge in [-0.2, -0.15) is 0 Å². The van der Waals surface area contributed by atoms with Crippen LogP contribution >= 0.6 is 0 Å². The van der Waals surface area contributed by atoms with E-state index in [2.05, 4.69) is 58.1 Å². The van der Waals surface area contributed by atoms with Gasteiger partial charge in [0.05, 0.1) is 6.61 Å². The van der Waals surface area contributed by atoms with Crippen LogP contribution in [0.3, 0.4) is 0 Å². The fourth-order valence-corrected chi connectivity index (χ4v) is 2.53. The van der Waals surface area contributed by atoms with Gasteiger partial charge < -0.3 is 14.8 Å². The molecule has 0 fully saturated rings. The van der Waals surface area contributed by atoms with Crippen LogP contribution in [0.15, 0.2) is 42.5 Å². The van der Waals surface area contributed by atoms with E-state index in [1.54, 1.807) is 0 Å². The van der Waals surface area contributed by atoms with Crippen LogP contribution in [0.1, 0.15) is 44.7 Å². The van der Waals surface area contributed by atoms with E-state index in [0.717, 1.165) is 30.3 Å². The van der Waals surface area contributed by atoms with Gasteiger partial charge in [0.25, 0.3) is 0 Å². The minimum Gasteiger partial charge on any atom is -0.493 e. The fourth-order valence-electron chi connectivity index (χ4n) is 2.53. The molecule has 0 atom stereocenters. The largest absolute Gasteiger partial charge is 0.493 e. The normalized spacial score (nSPS) is 11.0. The number of nitrogens with one attached hydrogen (secondary N) is 1. The summed E-state index contributed by atoms with van der Waals surface area (Å²) in [6.07, 6.45) is 0. The first-order valence-corrected chi connectivity index (χ1v) is 9.15. The molecule has 0 spiro atoms. The van der Waals surface area contributed by atoms with Crippen molar-refractivity contribution in [3.05, 3.63) is 53.6 Å². The first-order chi connectivity index (χ1) is 12.0. The lowest BCUT2D eigenvalue weighted by Gasteiger charge is -2.15. The molecule has 2 rings (SSSR count). The van der Waals surface area contributed by atoms with Crippen LogP contribution in [-0.2, 0) is 0 Å². The highest BCUT2D eigenvalue weighted by Crippen LogP contribution is 2.27. The van der Waals surface area contributed by atoms with E-state index in [-0.39, 0.29) is 0 Å². The quantitative estimate of drug-likeness (QED) is 0.598. The van der Waals surface area contributed by atoms with E-state index in [0.29, 0.717) is 18.4 Å². The van der Waals surface area contributed by atoms with Crippen molar-refractivity contribution in [3.63, 3.8) is 0 Å². The van der Waals surface area contributed by atoms with E-state index < -0.39 is 0 Å². The lowest BCUT2D eigenvalue weighted by atomic mass is 10.0. The minimum absolute atomic E-state index is 0.460. The second-order valence-electron chi connectivity index (χ2n) is 7.20. The molecule has 0 radical (unpaired) electrons. The summed E-state index contributed by atoms with van der Waals surface area (Å²) in [7, 11) is 0. The van der Waals surface area contributed by atoms with Gasteiger partial charge in [0.15, 0.2) is 0 Å². The van der Waals surface area contributed by atoms with Crippen molar-refractivity contribution in [3.8, 4) is 11.5 Å². The van der Waals surface area contributed by atoms with Crippen LogP contribution in [0.4, 0.5) is 5.69 Å². The maximum atomic E-state index is 6.00. The fraction of sp³-hybridized carbons (Fsp3) is 0.455. The molecule has 0 bridgehead atoms. The Morgan fingerprint density at radius 1 is 0.920 bits per heavy atom. The highest BCUT2D eigenvalue weighted by molar-refractivity contribution is 5.46. The van der Waals surface area contributed by atoms with Crippen LogP contribution < -0.4 is 14.8 Å². The predicted octanol–water partition coefficient (Wildman–Crippen LogP) is 5.64. The van der Waals surface area contributed by atoms with Gasteiger partial charge in [-0.05, 0) is 60.2 Å². The second-order valence-corrected chi connectivity index (χ2v) is 7.20. The third kappa shape index (κ3) is 6.33. The second kappa shape index (κ2) is 9.36. The van der Waals surface area contributed by atoms with E-state index in [9.17, 15) is 0 Å². The summed E-state index contributed by atoms with van der Waals surface area (Å²) in [5.41, 5.74) is 3.57. The first-order valence-electron chi connectivity index (χ1n) is 9.15. The lowest BCUT2D eigenvalue weighted by Crippen LogP contribution is -2.12. The molecule has 0 heterocycles. The summed E-state index contributed by atoms with van der Waals surface area (Å²) in [4.78, 5) is 0. The molecule has 0 aliphatic heterocycles. The SMILES string of the molecule is Cc1ccc(C(C)C)c(OCCNc2ccc(OCC(C)C)cc2)c1. The van der Waals surface area contributed by atoms with E-state index >= 15 is 0 Å². The predicted molar refractivity (Wildman–Crippen MR) is 106 cm³/mol.